The Labute approximate surface area is 126 Å². The summed E-state index contributed by atoms with van der Waals surface area (Å²) in [5, 5.41) is 5.29. The van der Waals surface area contributed by atoms with Crippen LogP contribution in [0.3, 0.4) is 0 Å². The van der Waals surface area contributed by atoms with Crippen LogP contribution in [0.2, 0.25) is 0 Å². The number of halogens is 1. The molecule has 5 nitrogen and oxygen atoms in total. The highest BCUT2D eigenvalue weighted by atomic mass is 19.1. The summed E-state index contributed by atoms with van der Waals surface area (Å²) in [6.45, 7) is 0. The van der Waals surface area contributed by atoms with Crippen molar-refractivity contribution < 1.29 is 18.7 Å². The van der Waals surface area contributed by atoms with Crippen molar-refractivity contribution in [1.29, 1.82) is 0 Å². The van der Waals surface area contributed by atoms with Gasteiger partial charge in [0.25, 0.3) is 5.91 Å². The minimum Gasteiger partial charge on any atom is -0.478 e. The number of hydrogen-bond acceptors (Lipinski definition) is 3. The Hall–Kier alpha value is -2.89. The second-order valence-corrected chi connectivity index (χ2v) is 4.85. The molecule has 2 N–H and O–H groups in total. The van der Waals surface area contributed by atoms with Gasteiger partial charge in [0.2, 0.25) is 5.91 Å². The Morgan fingerprint density at radius 3 is 2.68 bits per heavy atom. The second kappa shape index (κ2) is 5.85. The van der Waals surface area contributed by atoms with Gasteiger partial charge in [-0.25, -0.2) is 4.39 Å². The molecule has 0 spiro atoms. The van der Waals surface area contributed by atoms with Crippen LogP contribution >= 0.6 is 0 Å². The molecule has 112 valence electrons. The van der Waals surface area contributed by atoms with Gasteiger partial charge >= 0.3 is 0 Å². The normalized spacial score (nSPS) is 16.2. The largest absolute Gasteiger partial charge is 0.478 e. The molecular formula is C16H13FN2O3. The minimum absolute atomic E-state index is 0.127. The van der Waals surface area contributed by atoms with E-state index in [2.05, 4.69) is 10.6 Å². The summed E-state index contributed by atoms with van der Waals surface area (Å²) in [5.41, 5.74) is 1.05. The van der Waals surface area contributed by atoms with E-state index < -0.39 is 6.10 Å². The van der Waals surface area contributed by atoms with Gasteiger partial charge in [-0.05, 0) is 36.4 Å². The summed E-state index contributed by atoms with van der Waals surface area (Å²) in [7, 11) is 0. The monoisotopic (exact) mass is 300 g/mol. The zero-order valence-corrected chi connectivity index (χ0v) is 11.5. The van der Waals surface area contributed by atoms with Gasteiger partial charge in [-0.3, -0.25) is 9.59 Å². The molecule has 22 heavy (non-hydrogen) atoms. The Bertz CT molecular complexity index is 716. The lowest BCUT2D eigenvalue weighted by atomic mass is 10.1. The Balaban J connectivity index is 1.64. The van der Waals surface area contributed by atoms with Crippen molar-refractivity contribution in [1.82, 2.24) is 0 Å². The number of carbonyl (C=O) groups is 2. The van der Waals surface area contributed by atoms with Crippen molar-refractivity contribution in [2.75, 3.05) is 10.6 Å². The molecule has 0 aromatic heterocycles. The summed E-state index contributed by atoms with van der Waals surface area (Å²) in [4.78, 5) is 23.9. The van der Waals surface area contributed by atoms with Crippen molar-refractivity contribution in [3.05, 3.63) is 54.3 Å². The number of benzene rings is 2. The molecule has 3 rings (SSSR count). The van der Waals surface area contributed by atoms with Crippen molar-refractivity contribution in [3.63, 3.8) is 0 Å². The number of nitrogens with one attached hydrogen (secondary N) is 2. The molecule has 0 radical (unpaired) electrons. The molecule has 1 atom stereocenters. The Morgan fingerprint density at radius 2 is 1.91 bits per heavy atom. The van der Waals surface area contributed by atoms with Crippen molar-refractivity contribution in [2.45, 2.75) is 12.5 Å². The fourth-order valence-corrected chi connectivity index (χ4v) is 2.14. The number of para-hydroxylation sites is 2. The Morgan fingerprint density at radius 1 is 1.18 bits per heavy atom. The van der Waals surface area contributed by atoms with Gasteiger partial charge in [-0.1, -0.05) is 12.1 Å². The van der Waals surface area contributed by atoms with Gasteiger partial charge in [-0.2, -0.15) is 0 Å². The first-order chi connectivity index (χ1) is 10.6. The van der Waals surface area contributed by atoms with Crippen LogP contribution in [-0.4, -0.2) is 17.9 Å². The van der Waals surface area contributed by atoms with E-state index >= 15 is 0 Å². The van der Waals surface area contributed by atoms with Crippen LogP contribution in [0.1, 0.15) is 6.42 Å². The van der Waals surface area contributed by atoms with E-state index in [1.807, 2.05) is 0 Å². The van der Waals surface area contributed by atoms with Crippen LogP contribution in [0.5, 0.6) is 5.75 Å². The molecule has 0 saturated carbocycles. The fraction of sp³-hybridized carbons (Fsp3) is 0.125. The minimum atomic E-state index is -0.893. The molecular weight excluding hydrogens is 287 g/mol. The quantitative estimate of drug-likeness (QED) is 0.915. The lowest BCUT2D eigenvalue weighted by Gasteiger charge is -2.25. The summed E-state index contributed by atoms with van der Waals surface area (Å²) >= 11 is 0. The zero-order valence-electron chi connectivity index (χ0n) is 11.5. The molecule has 0 unspecified atom stereocenters. The summed E-state index contributed by atoms with van der Waals surface area (Å²) < 4.78 is 18.3. The number of amides is 2. The average Bonchev–Trinajstić information content (AvgIpc) is 2.50. The lowest BCUT2D eigenvalue weighted by Crippen LogP contribution is -2.39. The predicted octanol–water partition coefficient (Wildman–Crippen LogP) is 2.55. The molecule has 2 aromatic carbocycles. The predicted molar refractivity (Wildman–Crippen MR) is 79.1 cm³/mol. The standard InChI is InChI=1S/C16H13FN2O3/c17-10-5-7-11(8-6-10)18-15(20)9-14-16(21)19-12-3-1-2-4-13(12)22-14/h1-8,14H,9H2,(H,18,20)(H,19,21)/t14-/m0/s1. The summed E-state index contributed by atoms with van der Waals surface area (Å²) in [6.07, 6.45) is -1.02. The zero-order chi connectivity index (χ0) is 15.5. The van der Waals surface area contributed by atoms with Gasteiger partial charge in [0.15, 0.2) is 6.10 Å². The van der Waals surface area contributed by atoms with Crippen LogP contribution in [-0.2, 0) is 9.59 Å². The topological polar surface area (TPSA) is 67.4 Å². The van der Waals surface area contributed by atoms with Crippen LogP contribution < -0.4 is 15.4 Å². The molecule has 2 amide bonds. The molecule has 0 saturated heterocycles. The molecule has 0 aliphatic carbocycles. The molecule has 1 aliphatic rings. The lowest BCUT2D eigenvalue weighted by molar-refractivity contribution is -0.128. The van der Waals surface area contributed by atoms with Gasteiger partial charge in [0, 0.05) is 5.69 Å². The maximum Gasteiger partial charge on any atom is 0.266 e. The number of fused-ring (bicyclic) bond motifs is 1. The third-order valence-corrected chi connectivity index (χ3v) is 3.21. The molecule has 1 aliphatic heterocycles. The van der Waals surface area contributed by atoms with E-state index in [1.54, 1.807) is 24.3 Å². The van der Waals surface area contributed by atoms with Crippen LogP contribution in [0.25, 0.3) is 0 Å². The van der Waals surface area contributed by atoms with E-state index in [9.17, 15) is 14.0 Å². The van der Waals surface area contributed by atoms with E-state index in [-0.39, 0.29) is 24.1 Å². The Kier molecular flexibility index (Phi) is 3.74. The smallest absolute Gasteiger partial charge is 0.266 e. The van der Waals surface area contributed by atoms with Gasteiger partial charge in [-0.15, -0.1) is 0 Å². The SMILES string of the molecule is O=C(C[C@@H]1Oc2ccccc2NC1=O)Nc1ccc(F)cc1. The maximum absolute atomic E-state index is 12.8. The van der Waals surface area contributed by atoms with E-state index in [1.165, 1.54) is 24.3 Å². The highest BCUT2D eigenvalue weighted by molar-refractivity contribution is 6.01. The summed E-state index contributed by atoms with van der Waals surface area (Å²) in [5.74, 6) is -0.606. The number of carbonyl (C=O) groups excluding carboxylic acids is 2. The maximum atomic E-state index is 12.8. The van der Waals surface area contributed by atoms with Crippen molar-refractivity contribution in [2.24, 2.45) is 0 Å². The van der Waals surface area contributed by atoms with Crippen LogP contribution in [0.15, 0.2) is 48.5 Å². The van der Waals surface area contributed by atoms with Crippen LogP contribution in [0, 0.1) is 5.82 Å². The second-order valence-electron chi connectivity index (χ2n) is 4.85. The first kappa shape index (κ1) is 14.1. The molecule has 0 fully saturated rings. The van der Waals surface area contributed by atoms with E-state index in [0.717, 1.165) is 0 Å². The first-order valence-corrected chi connectivity index (χ1v) is 6.74. The van der Waals surface area contributed by atoms with Crippen LogP contribution in [0.4, 0.5) is 15.8 Å². The molecule has 2 aromatic rings. The number of ether oxygens (including phenoxy) is 1. The number of rotatable bonds is 3. The average molecular weight is 300 g/mol. The summed E-state index contributed by atoms with van der Waals surface area (Å²) in [6, 6.07) is 12.4. The number of hydrogen-bond donors (Lipinski definition) is 2. The number of anilines is 2. The molecule has 1 heterocycles. The third kappa shape index (κ3) is 3.06. The third-order valence-electron chi connectivity index (χ3n) is 3.21. The van der Waals surface area contributed by atoms with Gasteiger partial charge in [0.1, 0.15) is 11.6 Å². The highest BCUT2D eigenvalue weighted by Gasteiger charge is 2.29. The van der Waals surface area contributed by atoms with Gasteiger partial charge in [0.05, 0.1) is 12.1 Å². The fourth-order valence-electron chi connectivity index (χ4n) is 2.14. The first-order valence-electron chi connectivity index (χ1n) is 6.74. The molecule has 0 bridgehead atoms. The molecule has 6 heteroatoms. The van der Waals surface area contributed by atoms with E-state index in [4.69, 9.17) is 4.74 Å². The van der Waals surface area contributed by atoms with Crippen molar-refractivity contribution >= 4 is 23.2 Å². The van der Waals surface area contributed by atoms with E-state index in [0.29, 0.717) is 17.1 Å². The van der Waals surface area contributed by atoms with Crippen molar-refractivity contribution in [3.8, 4) is 5.75 Å². The highest BCUT2D eigenvalue weighted by Crippen LogP contribution is 2.29. The van der Waals surface area contributed by atoms with Gasteiger partial charge < -0.3 is 15.4 Å².